The molecule has 1 fully saturated rings. The molecule has 0 amide bonds. The summed E-state index contributed by atoms with van der Waals surface area (Å²) in [5.41, 5.74) is 0.946. The van der Waals surface area contributed by atoms with Gasteiger partial charge >= 0.3 is 0 Å². The predicted molar refractivity (Wildman–Crippen MR) is 84.7 cm³/mol. The van der Waals surface area contributed by atoms with Crippen molar-refractivity contribution in [2.75, 3.05) is 6.54 Å². The smallest absolute Gasteiger partial charge is 0.244 e. The fourth-order valence-corrected chi connectivity index (χ4v) is 3.12. The molecule has 1 aliphatic rings. The van der Waals surface area contributed by atoms with Gasteiger partial charge in [-0.05, 0) is 47.5 Å². The van der Waals surface area contributed by atoms with Crippen molar-refractivity contribution in [3.8, 4) is 0 Å². The molecule has 1 atom stereocenters. The van der Waals surface area contributed by atoms with Gasteiger partial charge in [0.1, 0.15) is 5.82 Å². The normalized spacial score (nSPS) is 18.1. The standard InChI is InChI=1S/C16H18FN7O/c1-23-15(19-21-22-23)10-24-8-2-3-13(24)16-18-14(20-25-16)9-11-4-6-12(17)7-5-11/h4-7,13H,2-3,8-10H2,1H3. The fourth-order valence-electron chi connectivity index (χ4n) is 3.12. The van der Waals surface area contributed by atoms with Gasteiger partial charge in [0.25, 0.3) is 0 Å². The van der Waals surface area contributed by atoms with Crippen LogP contribution in [-0.4, -0.2) is 41.8 Å². The van der Waals surface area contributed by atoms with Gasteiger partial charge in [-0.3, -0.25) is 4.90 Å². The van der Waals surface area contributed by atoms with E-state index in [4.69, 9.17) is 4.52 Å². The number of benzene rings is 1. The van der Waals surface area contributed by atoms with E-state index in [0.29, 0.717) is 24.7 Å². The van der Waals surface area contributed by atoms with Crippen LogP contribution in [0.15, 0.2) is 28.8 Å². The molecule has 0 aliphatic carbocycles. The molecule has 3 heterocycles. The van der Waals surface area contributed by atoms with Crippen molar-refractivity contribution >= 4 is 0 Å². The summed E-state index contributed by atoms with van der Waals surface area (Å²) in [4.78, 5) is 6.79. The second-order valence-electron chi connectivity index (χ2n) is 6.20. The number of hydrogen-bond donors (Lipinski definition) is 0. The van der Waals surface area contributed by atoms with Crippen LogP contribution in [0.2, 0.25) is 0 Å². The van der Waals surface area contributed by atoms with Gasteiger partial charge in [-0.2, -0.15) is 4.98 Å². The molecule has 9 heteroatoms. The van der Waals surface area contributed by atoms with Crippen molar-refractivity contribution in [2.24, 2.45) is 7.05 Å². The molecule has 1 aromatic carbocycles. The lowest BCUT2D eigenvalue weighted by atomic mass is 10.1. The van der Waals surface area contributed by atoms with Crippen LogP contribution >= 0.6 is 0 Å². The number of aromatic nitrogens is 6. The van der Waals surface area contributed by atoms with Crippen molar-refractivity contribution in [2.45, 2.75) is 31.8 Å². The Balaban J connectivity index is 1.47. The van der Waals surface area contributed by atoms with Gasteiger partial charge in [0.2, 0.25) is 5.89 Å². The lowest BCUT2D eigenvalue weighted by Crippen LogP contribution is -2.24. The van der Waals surface area contributed by atoms with E-state index in [-0.39, 0.29) is 11.9 Å². The molecule has 4 rings (SSSR count). The molecule has 0 radical (unpaired) electrons. The summed E-state index contributed by atoms with van der Waals surface area (Å²) in [7, 11) is 1.83. The molecule has 1 saturated heterocycles. The minimum absolute atomic E-state index is 0.0752. The van der Waals surface area contributed by atoms with Crippen LogP contribution in [0.4, 0.5) is 4.39 Å². The van der Waals surface area contributed by atoms with Gasteiger partial charge in [0, 0.05) is 13.5 Å². The topological polar surface area (TPSA) is 85.8 Å². The number of tetrazole rings is 1. The molecule has 0 bridgehead atoms. The highest BCUT2D eigenvalue weighted by Gasteiger charge is 2.31. The Hall–Kier alpha value is -2.68. The maximum atomic E-state index is 13.0. The van der Waals surface area contributed by atoms with E-state index in [0.717, 1.165) is 30.8 Å². The second kappa shape index (κ2) is 6.67. The summed E-state index contributed by atoms with van der Waals surface area (Å²) in [5, 5.41) is 15.7. The van der Waals surface area contributed by atoms with E-state index in [1.54, 1.807) is 16.8 Å². The Morgan fingerprint density at radius 2 is 2.12 bits per heavy atom. The quantitative estimate of drug-likeness (QED) is 0.696. The first-order chi connectivity index (χ1) is 12.2. The first kappa shape index (κ1) is 15.8. The average Bonchev–Trinajstić information content (AvgIpc) is 3.33. The Kier molecular flexibility index (Phi) is 4.22. The summed E-state index contributed by atoms with van der Waals surface area (Å²) >= 11 is 0. The minimum Gasteiger partial charge on any atom is -0.338 e. The van der Waals surface area contributed by atoms with E-state index < -0.39 is 0 Å². The Bertz CT molecular complexity index is 844. The molecule has 0 saturated carbocycles. The van der Waals surface area contributed by atoms with E-state index in [1.165, 1.54) is 12.1 Å². The fraction of sp³-hybridized carbons (Fsp3) is 0.438. The molecule has 0 spiro atoms. The van der Waals surface area contributed by atoms with E-state index in [9.17, 15) is 4.39 Å². The summed E-state index contributed by atoms with van der Waals surface area (Å²) in [6.45, 7) is 1.58. The molecule has 8 nitrogen and oxygen atoms in total. The molecule has 1 aliphatic heterocycles. The number of hydrogen-bond acceptors (Lipinski definition) is 7. The maximum Gasteiger partial charge on any atom is 0.244 e. The maximum absolute atomic E-state index is 13.0. The summed E-state index contributed by atoms with van der Waals surface area (Å²) in [5.74, 6) is 1.77. The zero-order valence-electron chi connectivity index (χ0n) is 13.8. The van der Waals surface area contributed by atoms with Gasteiger partial charge in [-0.25, -0.2) is 9.07 Å². The Morgan fingerprint density at radius 3 is 2.88 bits per heavy atom. The number of aryl methyl sites for hydroxylation is 1. The number of halogens is 1. The molecular weight excluding hydrogens is 325 g/mol. The number of nitrogens with zero attached hydrogens (tertiary/aromatic N) is 7. The van der Waals surface area contributed by atoms with Crippen molar-refractivity contribution in [3.05, 3.63) is 53.2 Å². The third-order valence-electron chi connectivity index (χ3n) is 4.46. The van der Waals surface area contributed by atoms with Gasteiger partial charge in [0.15, 0.2) is 11.6 Å². The molecule has 3 aromatic rings. The number of likely N-dealkylation sites (tertiary alicyclic amines) is 1. The molecule has 2 aromatic heterocycles. The summed E-state index contributed by atoms with van der Waals surface area (Å²) in [6.07, 6.45) is 2.54. The van der Waals surface area contributed by atoms with E-state index in [2.05, 4.69) is 30.6 Å². The summed E-state index contributed by atoms with van der Waals surface area (Å²) < 4.78 is 20.1. The number of rotatable bonds is 5. The van der Waals surface area contributed by atoms with E-state index >= 15 is 0 Å². The van der Waals surface area contributed by atoms with Crippen molar-refractivity contribution in [3.63, 3.8) is 0 Å². The lowest BCUT2D eigenvalue weighted by Gasteiger charge is -2.20. The first-order valence-electron chi connectivity index (χ1n) is 8.21. The summed E-state index contributed by atoms with van der Waals surface area (Å²) in [6, 6.07) is 6.41. The zero-order chi connectivity index (χ0) is 17.2. The van der Waals surface area contributed by atoms with Gasteiger partial charge in [-0.1, -0.05) is 17.3 Å². The van der Waals surface area contributed by atoms with Crippen LogP contribution < -0.4 is 0 Å². The highest BCUT2D eigenvalue weighted by Crippen LogP contribution is 2.31. The van der Waals surface area contributed by atoms with Crippen LogP contribution in [-0.2, 0) is 20.0 Å². The Labute approximate surface area is 143 Å². The monoisotopic (exact) mass is 343 g/mol. The third-order valence-corrected chi connectivity index (χ3v) is 4.46. The minimum atomic E-state index is -0.252. The predicted octanol–water partition coefficient (Wildman–Crippen LogP) is 1.66. The molecule has 130 valence electrons. The van der Waals surface area contributed by atoms with Crippen LogP contribution in [0.3, 0.4) is 0 Å². The average molecular weight is 343 g/mol. The van der Waals surface area contributed by atoms with Crippen molar-refractivity contribution in [1.82, 2.24) is 35.2 Å². The molecule has 25 heavy (non-hydrogen) atoms. The SMILES string of the molecule is Cn1nnnc1CN1CCCC1c1nc(Cc2ccc(F)cc2)no1. The van der Waals surface area contributed by atoms with Crippen LogP contribution in [0, 0.1) is 5.82 Å². The molecule has 0 N–H and O–H groups in total. The van der Waals surface area contributed by atoms with Crippen molar-refractivity contribution < 1.29 is 8.91 Å². The molecule has 1 unspecified atom stereocenters. The lowest BCUT2D eigenvalue weighted by molar-refractivity contribution is 0.194. The van der Waals surface area contributed by atoms with Gasteiger partial charge in [-0.15, -0.1) is 5.10 Å². The zero-order valence-corrected chi connectivity index (χ0v) is 13.8. The van der Waals surface area contributed by atoms with Crippen LogP contribution in [0.5, 0.6) is 0 Å². The first-order valence-corrected chi connectivity index (χ1v) is 8.21. The second-order valence-corrected chi connectivity index (χ2v) is 6.20. The van der Waals surface area contributed by atoms with Gasteiger partial charge in [0.05, 0.1) is 12.6 Å². The largest absolute Gasteiger partial charge is 0.338 e. The van der Waals surface area contributed by atoms with Crippen LogP contribution in [0.1, 0.15) is 42.0 Å². The highest BCUT2D eigenvalue weighted by molar-refractivity contribution is 5.19. The highest BCUT2D eigenvalue weighted by atomic mass is 19.1. The van der Waals surface area contributed by atoms with E-state index in [1.807, 2.05) is 7.05 Å². The van der Waals surface area contributed by atoms with Crippen molar-refractivity contribution in [1.29, 1.82) is 0 Å². The third kappa shape index (κ3) is 3.41. The van der Waals surface area contributed by atoms with Crippen LogP contribution in [0.25, 0.3) is 0 Å². The van der Waals surface area contributed by atoms with Gasteiger partial charge < -0.3 is 4.52 Å². The Morgan fingerprint density at radius 1 is 1.28 bits per heavy atom. The molecular formula is C16H18FN7O.